The molecule has 0 saturated heterocycles. The highest BCUT2D eigenvalue weighted by atomic mass is 32.1. The molecule has 0 aromatic carbocycles. The van der Waals surface area contributed by atoms with Gasteiger partial charge in [-0.25, -0.2) is 9.97 Å². The van der Waals surface area contributed by atoms with E-state index in [1.54, 1.807) is 23.7 Å². The zero-order valence-corrected chi connectivity index (χ0v) is 13.3. The normalized spacial score (nSPS) is 15.6. The molecule has 4 heterocycles. The van der Waals surface area contributed by atoms with Crippen LogP contribution < -0.4 is 11.5 Å². The van der Waals surface area contributed by atoms with Gasteiger partial charge in [0.15, 0.2) is 5.82 Å². The molecule has 1 unspecified atom stereocenters. The SMILES string of the molecule is NCC(N)c1nc(-c2ccncc2)nc2sc3c(c12)CCOC3. The maximum Gasteiger partial charge on any atom is 0.161 e. The molecule has 4 N–H and O–H groups in total. The van der Waals surface area contributed by atoms with Gasteiger partial charge >= 0.3 is 0 Å². The van der Waals surface area contributed by atoms with Crippen molar-refractivity contribution in [3.63, 3.8) is 0 Å². The number of nitrogens with zero attached hydrogens (tertiary/aromatic N) is 3. The topological polar surface area (TPSA) is 99.9 Å². The lowest BCUT2D eigenvalue weighted by Crippen LogP contribution is -2.23. The number of hydrogen-bond acceptors (Lipinski definition) is 7. The summed E-state index contributed by atoms with van der Waals surface area (Å²) in [5.74, 6) is 0.665. The first kappa shape index (κ1) is 14.6. The quantitative estimate of drug-likeness (QED) is 0.760. The highest BCUT2D eigenvalue weighted by Gasteiger charge is 2.23. The second kappa shape index (κ2) is 5.93. The van der Waals surface area contributed by atoms with Crippen LogP contribution in [0.2, 0.25) is 0 Å². The summed E-state index contributed by atoms with van der Waals surface area (Å²) in [4.78, 5) is 15.7. The van der Waals surface area contributed by atoms with E-state index < -0.39 is 0 Å². The van der Waals surface area contributed by atoms with Crippen molar-refractivity contribution >= 4 is 21.6 Å². The lowest BCUT2D eigenvalue weighted by molar-refractivity contribution is 0.114. The third-order valence-electron chi connectivity index (χ3n) is 4.04. The lowest BCUT2D eigenvalue weighted by atomic mass is 10.0. The molecule has 0 saturated carbocycles. The Bertz CT molecular complexity index is 849. The van der Waals surface area contributed by atoms with Gasteiger partial charge in [0.05, 0.1) is 24.9 Å². The van der Waals surface area contributed by atoms with Crippen LogP contribution in [0.5, 0.6) is 0 Å². The fraction of sp³-hybridized carbons (Fsp3) is 0.312. The largest absolute Gasteiger partial charge is 0.376 e. The Morgan fingerprint density at radius 2 is 2.09 bits per heavy atom. The van der Waals surface area contributed by atoms with Crippen LogP contribution in [0, 0.1) is 0 Å². The van der Waals surface area contributed by atoms with E-state index in [1.165, 1.54) is 10.4 Å². The predicted octanol–water partition coefficient (Wildman–Crippen LogP) is 1.78. The standard InChI is InChI=1S/C16H17N5OS/c17-7-11(18)14-13-10-3-6-22-8-12(10)23-16(13)21-15(20-14)9-1-4-19-5-2-9/h1-2,4-5,11H,3,6-8,17-18H2. The molecule has 1 aliphatic heterocycles. The van der Waals surface area contributed by atoms with Crippen LogP contribution in [-0.4, -0.2) is 28.1 Å². The molecule has 118 valence electrons. The van der Waals surface area contributed by atoms with Gasteiger partial charge in [0, 0.05) is 34.8 Å². The molecule has 1 atom stereocenters. The summed E-state index contributed by atoms with van der Waals surface area (Å²) in [5.41, 5.74) is 15.1. The van der Waals surface area contributed by atoms with Gasteiger partial charge in [-0.15, -0.1) is 11.3 Å². The Labute approximate surface area is 137 Å². The summed E-state index contributed by atoms with van der Waals surface area (Å²) < 4.78 is 5.57. The van der Waals surface area contributed by atoms with Crippen LogP contribution in [0.3, 0.4) is 0 Å². The van der Waals surface area contributed by atoms with Gasteiger partial charge in [0.25, 0.3) is 0 Å². The molecule has 0 fully saturated rings. The lowest BCUT2D eigenvalue weighted by Gasteiger charge is -2.15. The third kappa shape index (κ3) is 2.51. The number of nitrogens with two attached hydrogens (primary N) is 2. The van der Waals surface area contributed by atoms with Gasteiger partial charge in [-0.05, 0) is 24.1 Å². The van der Waals surface area contributed by atoms with E-state index in [-0.39, 0.29) is 6.04 Å². The first-order valence-electron chi connectivity index (χ1n) is 7.54. The number of fused-ring (bicyclic) bond motifs is 3. The maximum absolute atomic E-state index is 6.25. The zero-order chi connectivity index (χ0) is 15.8. The fourth-order valence-corrected chi connectivity index (χ4v) is 4.03. The van der Waals surface area contributed by atoms with Crippen molar-refractivity contribution in [1.29, 1.82) is 0 Å². The minimum Gasteiger partial charge on any atom is -0.376 e. The molecule has 6 nitrogen and oxygen atoms in total. The van der Waals surface area contributed by atoms with Gasteiger partial charge < -0.3 is 16.2 Å². The molecule has 1 aliphatic rings. The van der Waals surface area contributed by atoms with Crippen LogP contribution in [0.4, 0.5) is 0 Å². The third-order valence-corrected chi connectivity index (χ3v) is 5.13. The molecule has 23 heavy (non-hydrogen) atoms. The average molecular weight is 327 g/mol. The first-order valence-corrected chi connectivity index (χ1v) is 8.35. The van der Waals surface area contributed by atoms with Gasteiger partial charge in [-0.1, -0.05) is 0 Å². The number of pyridine rings is 1. The predicted molar refractivity (Wildman–Crippen MR) is 90.0 cm³/mol. The second-order valence-corrected chi connectivity index (χ2v) is 6.58. The highest BCUT2D eigenvalue weighted by Crippen LogP contribution is 2.37. The Morgan fingerprint density at radius 1 is 1.26 bits per heavy atom. The highest BCUT2D eigenvalue weighted by molar-refractivity contribution is 7.18. The van der Waals surface area contributed by atoms with Crippen LogP contribution >= 0.6 is 11.3 Å². The molecular weight excluding hydrogens is 310 g/mol. The van der Waals surface area contributed by atoms with Gasteiger partial charge in [-0.2, -0.15) is 0 Å². The average Bonchev–Trinajstić information content (AvgIpc) is 2.99. The van der Waals surface area contributed by atoms with E-state index >= 15 is 0 Å². The molecule has 0 amide bonds. The van der Waals surface area contributed by atoms with Crippen molar-refractivity contribution in [2.24, 2.45) is 11.5 Å². The van der Waals surface area contributed by atoms with Gasteiger partial charge in [0.1, 0.15) is 4.83 Å². The van der Waals surface area contributed by atoms with Crippen molar-refractivity contribution < 1.29 is 4.74 Å². The summed E-state index contributed by atoms with van der Waals surface area (Å²) in [5, 5.41) is 1.07. The fourth-order valence-electron chi connectivity index (χ4n) is 2.86. The molecule has 0 spiro atoms. The Kier molecular flexibility index (Phi) is 3.78. The monoisotopic (exact) mass is 327 g/mol. The molecule has 0 radical (unpaired) electrons. The minimum atomic E-state index is -0.303. The van der Waals surface area contributed by atoms with Crippen molar-refractivity contribution in [2.45, 2.75) is 19.1 Å². The zero-order valence-electron chi connectivity index (χ0n) is 12.5. The second-order valence-electron chi connectivity index (χ2n) is 5.50. The van der Waals surface area contributed by atoms with Crippen molar-refractivity contribution in [3.05, 3.63) is 40.7 Å². The van der Waals surface area contributed by atoms with Crippen LogP contribution in [0.15, 0.2) is 24.5 Å². The molecule has 4 rings (SSSR count). The van der Waals surface area contributed by atoms with Crippen molar-refractivity contribution in [3.8, 4) is 11.4 Å². The number of rotatable bonds is 3. The summed E-state index contributed by atoms with van der Waals surface area (Å²) in [6.07, 6.45) is 4.34. The summed E-state index contributed by atoms with van der Waals surface area (Å²) >= 11 is 1.66. The Morgan fingerprint density at radius 3 is 2.87 bits per heavy atom. The molecule has 3 aromatic rings. The van der Waals surface area contributed by atoms with E-state index in [1.807, 2.05) is 12.1 Å². The number of hydrogen-bond donors (Lipinski definition) is 2. The van der Waals surface area contributed by atoms with Crippen LogP contribution in [0.1, 0.15) is 22.2 Å². The van der Waals surface area contributed by atoms with Crippen molar-refractivity contribution in [2.75, 3.05) is 13.2 Å². The summed E-state index contributed by atoms with van der Waals surface area (Å²) in [7, 11) is 0. The van der Waals surface area contributed by atoms with E-state index in [0.29, 0.717) is 19.0 Å². The molecule has 0 aliphatic carbocycles. The molecular formula is C16H17N5OS. The Hall–Kier alpha value is -1.93. The number of aromatic nitrogens is 3. The van der Waals surface area contributed by atoms with E-state index in [9.17, 15) is 0 Å². The molecule has 0 bridgehead atoms. The van der Waals surface area contributed by atoms with Crippen LogP contribution in [-0.2, 0) is 17.8 Å². The first-order chi connectivity index (χ1) is 11.3. The Balaban J connectivity index is 1.98. The van der Waals surface area contributed by atoms with Crippen LogP contribution in [0.25, 0.3) is 21.6 Å². The summed E-state index contributed by atoms with van der Waals surface area (Å²) in [6, 6.07) is 3.49. The smallest absolute Gasteiger partial charge is 0.161 e. The number of ether oxygens (including phenoxy) is 1. The van der Waals surface area contributed by atoms with Crippen molar-refractivity contribution in [1.82, 2.24) is 15.0 Å². The minimum absolute atomic E-state index is 0.303. The van der Waals surface area contributed by atoms with E-state index in [0.717, 1.165) is 34.5 Å². The molecule has 7 heteroatoms. The van der Waals surface area contributed by atoms with E-state index in [2.05, 4.69) is 4.98 Å². The van der Waals surface area contributed by atoms with E-state index in [4.69, 9.17) is 26.2 Å². The van der Waals surface area contributed by atoms with Gasteiger partial charge in [0.2, 0.25) is 0 Å². The van der Waals surface area contributed by atoms with Gasteiger partial charge in [-0.3, -0.25) is 4.98 Å². The number of thiophene rings is 1. The summed E-state index contributed by atoms with van der Waals surface area (Å²) in [6.45, 7) is 1.71. The maximum atomic E-state index is 6.25. The molecule has 3 aromatic heterocycles.